The Morgan fingerprint density at radius 3 is 2.68 bits per heavy atom. The number of pyridine rings is 1. The maximum absolute atomic E-state index is 13.5. The topological polar surface area (TPSA) is 12.9 Å². The van der Waals surface area contributed by atoms with Gasteiger partial charge in [-0.3, -0.25) is 4.98 Å². The van der Waals surface area contributed by atoms with E-state index in [0.717, 1.165) is 16.8 Å². The quantitative estimate of drug-likeness (QED) is 0.733. The molecule has 1 fully saturated rings. The summed E-state index contributed by atoms with van der Waals surface area (Å²) in [6.07, 6.45) is 8.22. The molecule has 19 heavy (non-hydrogen) atoms. The average Bonchev–Trinajstić information content (AvgIpc) is 2.47. The van der Waals surface area contributed by atoms with Crippen LogP contribution in [0.25, 0.3) is 10.9 Å². The summed E-state index contributed by atoms with van der Waals surface area (Å²) in [7, 11) is 0. The molecule has 1 saturated carbocycles. The van der Waals surface area contributed by atoms with Gasteiger partial charge in [-0.1, -0.05) is 13.3 Å². The van der Waals surface area contributed by atoms with Crippen LogP contribution >= 0.6 is 0 Å². The highest BCUT2D eigenvalue weighted by Gasteiger charge is 2.22. The fourth-order valence-corrected chi connectivity index (χ4v) is 3.38. The van der Waals surface area contributed by atoms with Gasteiger partial charge in [-0.05, 0) is 67.3 Å². The lowest BCUT2D eigenvalue weighted by atomic mass is 9.77. The predicted octanol–water partition coefficient (Wildman–Crippen LogP) is 5.06. The minimum Gasteiger partial charge on any atom is -0.256 e. The smallest absolute Gasteiger partial charge is 0.123 e. The van der Waals surface area contributed by atoms with Crippen LogP contribution in [0.1, 0.15) is 50.5 Å². The Morgan fingerprint density at radius 1 is 1.16 bits per heavy atom. The molecule has 2 aromatic rings. The van der Waals surface area contributed by atoms with Crippen molar-refractivity contribution in [3.8, 4) is 0 Å². The fraction of sp³-hybridized carbons (Fsp3) is 0.471. The molecule has 0 radical (unpaired) electrons. The van der Waals surface area contributed by atoms with E-state index in [9.17, 15) is 4.39 Å². The minimum atomic E-state index is -0.163. The third kappa shape index (κ3) is 2.49. The minimum absolute atomic E-state index is 0.163. The molecule has 0 bridgehead atoms. The molecule has 1 aliphatic carbocycles. The van der Waals surface area contributed by atoms with E-state index in [1.54, 1.807) is 12.1 Å². The number of halogens is 1. The van der Waals surface area contributed by atoms with Crippen LogP contribution in [-0.2, 0) is 0 Å². The van der Waals surface area contributed by atoms with Gasteiger partial charge in [0.15, 0.2) is 0 Å². The molecule has 1 aromatic carbocycles. The molecule has 0 amide bonds. The van der Waals surface area contributed by atoms with Crippen molar-refractivity contribution in [2.24, 2.45) is 5.92 Å². The van der Waals surface area contributed by atoms with Gasteiger partial charge in [0.25, 0.3) is 0 Å². The first kappa shape index (κ1) is 12.6. The Balaban J connectivity index is 1.94. The van der Waals surface area contributed by atoms with Crippen molar-refractivity contribution >= 4 is 10.9 Å². The molecular formula is C17H20FN. The van der Waals surface area contributed by atoms with Crippen molar-refractivity contribution in [3.63, 3.8) is 0 Å². The molecule has 100 valence electrons. The molecule has 1 nitrogen and oxygen atoms in total. The predicted molar refractivity (Wildman–Crippen MR) is 76.7 cm³/mol. The number of hydrogen-bond donors (Lipinski definition) is 0. The molecule has 2 heteroatoms. The lowest BCUT2D eigenvalue weighted by Crippen LogP contribution is -2.13. The van der Waals surface area contributed by atoms with Gasteiger partial charge < -0.3 is 0 Å². The molecule has 1 aliphatic rings. The maximum atomic E-state index is 13.5. The van der Waals surface area contributed by atoms with Gasteiger partial charge in [0.1, 0.15) is 5.82 Å². The third-order valence-electron chi connectivity index (χ3n) is 4.60. The molecule has 3 rings (SSSR count). The first-order valence-corrected chi connectivity index (χ1v) is 7.32. The van der Waals surface area contributed by atoms with E-state index >= 15 is 0 Å². The number of nitrogens with zero attached hydrogens (tertiary/aromatic N) is 1. The van der Waals surface area contributed by atoms with Crippen LogP contribution < -0.4 is 0 Å². The highest BCUT2D eigenvalue weighted by Crippen LogP contribution is 2.39. The van der Waals surface area contributed by atoms with E-state index < -0.39 is 0 Å². The molecule has 1 aromatic heterocycles. The molecule has 0 N–H and O–H groups in total. The van der Waals surface area contributed by atoms with Crippen LogP contribution in [0.4, 0.5) is 4.39 Å². The molecule has 0 unspecified atom stereocenters. The van der Waals surface area contributed by atoms with Gasteiger partial charge in [0.2, 0.25) is 0 Å². The van der Waals surface area contributed by atoms with Crippen LogP contribution in [0.15, 0.2) is 30.5 Å². The van der Waals surface area contributed by atoms with E-state index in [4.69, 9.17) is 0 Å². The molecule has 0 spiro atoms. The Hall–Kier alpha value is -1.44. The number of fused-ring (bicyclic) bond motifs is 1. The largest absolute Gasteiger partial charge is 0.256 e. The average molecular weight is 257 g/mol. The summed E-state index contributed by atoms with van der Waals surface area (Å²) < 4.78 is 13.5. The highest BCUT2D eigenvalue weighted by molar-refractivity contribution is 5.82. The summed E-state index contributed by atoms with van der Waals surface area (Å²) in [5.74, 6) is 1.31. The third-order valence-corrected chi connectivity index (χ3v) is 4.60. The summed E-state index contributed by atoms with van der Waals surface area (Å²) in [5.41, 5.74) is 2.20. The van der Waals surface area contributed by atoms with Crippen LogP contribution in [0, 0.1) is 11.7 Å². The Morgan fingerprint density at radius 2 is 1.95 bits per heavy atom. The fourth-order valence-electron chi connectivity index (χ4n) is 3.38. The van der Waals surface area contributed by atoms with Gasteiger partial charge in [-0.15, -0.1) is 0 Å². The zero-order valence-corrected chi connectivity index (χ0v) is 11.4. The molecule has 1 heterocycles. The summed E-state index contributed by atoms with van der Waals surface area (Å²) in [5, 5.41) is 1.00. The van der Waals surface area contributed by atoms with Gasteiger partial charge >= 0.3 is 0 Å². The summed E-state index contributed by atoms with van der Waals surface area (Å²) >= 11 is 0. The zero-order chi connectivity index (χ0) is 13.2. The highest BCUT2D eigenvalue weighted by atomic mass is 19.1. The molecular weight excluding hydrogens is 237 g/mol. The second kappa shape index (κ2) is 5.28. The van der Waals surface area contributed by atoms with Crippen LogP contribution in [0.2, 0.25) is 0 Å². The second-order valence-corrected chi connectivity index (χ2v) is 5.69. The summed E-state index contributed by atoms with van der Waals surface area (Å²) in [6.45, 7) is 2.28. The number of benzene rings is 1. The normalized spacial score (nSPS) is 23.7. The lowest BCUT2D eigenvalue weighted by molar-refractivity contribution is 0.319. The maximum Gasteiger partial charge on any atom is 0.123 e. The van der Waals surface area contributed by atoms with Crippen molar-refractivity contribution in [2.75, 3.05) is 0 Å². The van der Waals surface area contributed by atoms with Gasteiger partial charge in [-0.25, -0.2) is 4.39 Å². The van der Waals surface area contributed by atoms with Gasteiger partial charge in [-0.2, -0.15) is 0 Å². The van der Waals surface area contributed by atoms with Crippen molar-refractivity contribution in [1.29, 1.82) is 0 Å². The zero-order valence-electron chi connectivity index (χ0n) is 11.4. The van der Waals surface area contributed by atoms with E-state index in [2.05, 4.69) is 18.0 Å². The Kier molecular flexibility index (Phi) is 3.50. The first-order chi connectivity index (χ1) is 9.28. The van der Waals surface area contributed by atoms with Crippen LogP contribution in [0.5, 0.6) is 0 Å². The first-order valence-electron chi connectivity index (χ1n) is 7.32. The Bertz CT molecular complexity index is 570. The molecule has 0 aliphatic heterocycles. The van der Waals surface area contributed by atoms with Crippen LogP contribution in [0.3, 0.4) is 0 Å². The van der Waals surface area contributed by atoms with Crippen LogP contribution in [-0.4, -0.2) is 4.98 Å². The molecule has 0 saturated heterocycles. The van der Waals surface area contributed by atoms with E-state index in [0.29, 0.717) is 5.92 Å². The van der Waals surface area contributed by atoms with E-state index in [-0.39, 0.29) is 5.82 Å². The monoisotopic (exact) mass is 257 g/mol. The van der Waals surface area contributed by atoms with Gasteiger partial charge in [0.05, 0.1) is 5.52 Å². The van der Waals surface area contributed by atoms with Crippen molar-refractivity contribution in [1.82, 2.24) is 4.98 Å². The lowest BCUT2D eigenvalue weighted by Gasteiger charge is -2.28. The SMILES string of the molecule is CCC1CCC(c2ccnc3ccc(F)cc23)CC1. The summed E-state index contributed by atoms with van der Waals surface area (Å²) in [4.78, 5) is 4.34. The van der Waals surface area contributed by atoms with E-state index in [1.165, 1.54) is 43.7 Å². The standard InChI is InChI=1S/C17H20FN/c1-2-12-3-5-13(6-4-12)15-9-10-19-17-8-7-14(18)11-16(15)17/h7-13H,2-6H2,1H3. The molecule has 0 atom stereocenters. The van der Waals surface area contributed by atoms with Crippen molar-refractivity contribution in [2.45, 2.75) is 44.9 Å². The Labute approximate surface area is 113 Å². The number of rotatable bonds is 2. The van der Waals surface area contributed by atoms with Crippen molar-refractivity contribution < 1.29 is 4.39 Å². The van der Waals surface area contributed by atoms with Crippen molar-refractivity contribution in [3.05, 3.63) is 41.8 Å². The summed E-state index contributed by atoms with van der Waals surface area (Å²) in [6, 6.07) is 7.00. The number of hydrogen-bond acceptors (Lipinski definition) is 1. The van der Waals surface area contributed by atoms with E-state index in [1.807, 2.05) is 6.20 Å². The van der Waals surface area contributed by atoms with Gasteiger partial charge in [0, 0.05) is 11.6 Å². The number of aromatic nitrogens is 1. The second-order valence-electron chi connectivity index (χ2n) is 5.69.